The van der Waals surface area contributed by atoms with Crippen LogP contribution in [0, 0.1) is 0 Å². The third-order valence-corrected chi connectivity index (χ3v) is 4.29. The van der Waals surface area contributed by atoms with Crippen LogP contribution in [0.15, 0.2) is 28.7 Å². The second-order valence-electron chi connectivity index (χ2n) is 5.31. The average Bonchev–Trinajstić information content (AvgIpc) is 2.86. The van der Waals surface area contributed by atoms with E-state index in [-0.39, 0.29) is 24.5 Å². The minimum atomic E-state index is -0.861. The lowest BCUT2D eigenvalue weighted by atomic mass is 10.1. The van der Waals surface area contributed by atoms with Crippen molar-refractivity contribution in [2.45, 2.75) is 38.3 Å². The van der Waals surface area contributed by atoms with Crippen LogP contribution >= 0.6 is 15.9 Å². The fourth-order valence-electron chi connectivity index (χ4n) is 2.62. The van der Waals surface area contributed by atoms with E-state index in [2.05, 4.69) is 21.2 Å². The van der Waals surface area contributed by atoms with Gasteiger partial charge in [-0.25, -0.2) is 4.79 Å². The summed E-state index contributed by atoms with van der Waals surface area (Å²) in [6.45, 7) is 2.54. The number of amides is 2. The van der Waals surface area contributed by atoms with Crippen molar-refractivity contribution < 1.29 is 14.7 Å². The molecule has 114 valence electrons. The fraction of sp³-hybridized carbons (Fsp3) is 0.467. The lowest BCUT2D eigenvalue weighted by Gasteiger charge is -2.26. The van der Waals surface area contributed by atoms with E-state index in [1.54, 1.807) is 4.90 Å². The number of nitrogens with zero attached hydrogens (tertiary/aromatic N) is 1. The molecule has 0 radical (unpaired) electrons. The van der Waals surface area contributed by atoms with Crippen LogP contribution in [0.3, 0.4) is 0 Å². The Morgan fingerprint density at radius 2 is 2.10 bits per heavy atom. The second-order valence-corrected chi connectivity index (χ2v) is 6.23. The summed E-state index contributed by atoms with van der Waals surface area (Å²) in [7, 11) is 0. The molecule has 0 saturated carbocycles. The van der Waals surface area contributed by atoms with Gasteiger partial charge in [0.1, 0.15) is 0 Å². The molecule has 6 heteroatoms. The van der Waals surface area contributed by atoms with Gasteiger partial charge in [-0.15, -0.1) is 0 Å². The molecule has 0 aliphatic carbocycles. The standard InChI is InChI=1S/C15H19BrN2O3/c1-10(11-4-6-12(16)7-5-11)17-15(21)18-8-2-3-13(18)9-14(19)20/h4-7,10,13H,2-3,8-9H2,1H3,(H,17,21)(H,19,20). The van der Waals surface area contributed by atoms with Crippen LogP contribution in [0.25, 0.3) is 0 Å². The van der Waals surface area contributed by atoms with E-state index in [4.69, 9.17) is 5.11 Å². The summed E-state index contributed by atoms with van der Waals surface area (Å²) in [5, 5.41) is 11.8. The lowest BCUT2D eigenvalue weighted by Crippen LogP contribution is -2.44. The molecule has 1 aromatic carbocycles. The maximum absolute atomic E-state index is 12.3. The Labute approximate surface area is 132 Å². The van der Waals surface area contributed by atoms with E-state index in [1.165, 1.54) is 0 Å². The Bertz CT molecular complexity index is 518. The van der Waals surface area contributed by atoms with Crippen LogP contribution in [0.4, 0.5) is 4.79 Å². The Hall–Kier alpha value is -1.56. The van der Waals surface area contributed by atoms with E-state index in [9.17, 15) is 9.59 Å². The van der Waals surface area contributed by atoms with Gasteiger partial charge in [0.25, 0.3) is 0 Å². The van der Waals surface area contributed by atoms with Gasteiger partial charge >= 0.3 is 12.0 Å². The molecule has 1 saturated heterocycles. The van der Waals surface area contributed by atoms with Crippen LogP contribution in [0.1, 0.15) is 37.8 Å². The molecule has 0 spiro atoms. The summed E-state index contributed by atoms with van der Waals surface area (Å²) in [6, 6.07) is 7.27. The number of carbonyl (C=O) groups is 2. The van der Waals surface area contributed by atoms with E-state index >= 15 is 0 Å². The maximum atomic E-state index is 12.3. The molecule has 2 amide bonds. The van der Waals surface area contributed by atoms with Crippen molar-refractivity contribution in [1.82, 2.24) is 10.2 Å². The summed E-state index contributed by atoms with van der Waals surface area (Å²) in [4.78, 5) is 24.8. The van der Waals surface area contributed by atoms with Crippen molar-refractivity contribution >= 4 is 27.9 Å². The molecule has 21 heavy (non-hydrogen) atoms. The number of hydrogen-bond donors (Lipinski definition) is 2. The van der Waals surface area contributed by atoms with E-state index < -0.39 is 5.97 Å². The van der Waals surface area contributed by atoms with Crippen LogP contribution in [0.2, 0.25) is 0 Å². The molecule has 0 bridgehead atoms. The first-order valence-corrected chi connectivity index (χ1v) is 7.81. The number of likely N-dealkylation sites (tertiary alicyclic amines) is 1. The Morgan fingerprint density at radius 3 is 2.71 bits per heavy atom. The first-order chi connectivity index (χ1) is 9.97. The minimum Gasteiger partial charge on any atom is -0.481 e. The van der Waals surface area contributed by atoms with Gasteiger partial charge in [0.15, 0.2) is 0 Å². The molecule has 2 unspecified atom stereocenters. The van der Waals surface area contributed by atoms with Crippen molar-refractivity contribution in [2.24, 2.45) is 0 Å². The molecular weight excluding hydrogens is 336 g/mol. The largest absolute Gasteiger partial charge is 0.481 e. The van der Waals surface area contributed by atoms with Crippen LogP contribution in [0.5, 0.6) is 0 Å². The smallest absolute Gasteiger partial charge is 0.318 e. The molecule has 1 aliphatic rings. The van der Waals surface area contributed by atoms with Gasteiger partial charge in [0.2, 0.25) is 0 Å². The van der Waals surface area contributed by atoms with Gasteiger partial charge in [-0.2, -0.15) is 0 Å². The highest BCUT2D eigenvalue weighted by molar-refractivity contribution is 9.10. The number of urea groups is 1. The van der Waals surface area contributed by atoms with Gasteiger partial charge < -0.3 is 15.3 Å². The molecule has 2 rings (SSSR count). The zero-order chi connectivity index (χ0) is 15.4. The number of aliphatic carboxylic acids is 1. The predicted molar refractivity (Wildman–Crippen MR) is 83.1 cm³/mol. The number of halogens is 1. The topological polar surface area (TPSA) is 69.6 Å². The number of benzene rings is 1. The third kappa shape index (κ3) is 4.20. The zero-order valence-corrected chi connectivity index (χ0v) is 13.5. The minimum absolute atomic E-state index is 0.0140. The van der Waals surface area contributed by atoms with Crippen molar-refractivity contribution in [1.29, 1.82) is 0 Å². The highest BCUT2D eigenvalue weighted by Gasteiger charge is 2.30. The highest BCUT2D eigenvalue weighted by atomic mass is 79.9. The molecule has 1 fully saturated rings. The Kier molecular flexibility index (Phi) is 5.22. The average molecular weight is 355 g/mol. The maximum Gasteiger partial charge on any atom is 0.318 e. The number of hydrogen-bond acceptors (Lipinski definition) is 2. The Morgan fingerprint density at radius 1 is 1.43 bits per heavy atom. The third-order valence-electron chi connectivity index (χ3n) is 3.76. The fourth-order valence-corrected chi connectivity index (χ4v) is 2.88. The molecular formula is C15H19BrN2O3. The zero-order valence-electron chi connectivity index (χ0n) is 11.9. The van der Waals surface area contributed by atoms with Gasteiger partial charge in [0, 0.05) is 17.1 Å². The highest BCUT2D eigenvalue weighted by Crippen LogP contribution is 2.22. The second kappa shape index (κ2) is 6.93. The van der Waals surface area contributed by atoms with Crippen molar-refractivity contribution in [3.63, 3.8) is 0 Å². The van der Waals surface area contributed by atoms with Gasteiger partial charge in [-0.1, -0.05) is 28.1 Å². The van der Waals surface area contributed by atoms with Gasteiger partial charge in [-0.05, 0) is 37.5 Å². The van der Waals surface area contributed by atoms with Gasteiger partial charge in [0.05, 0.1) is 12.5 Å². The van der Waals surface area contributed by atoms with Crippen molar-refractivity contribution in [3.8, 4) is 0 Å². The number of rotatable bonds is 4. The van der Waals surface area contributed by atoms with Crippen molar-refractivity contribution in [2.75, 3.05) is 6.54 Å². The van der Waals surface area contributed by atoms with Crippen LogP contribution < -0.4 is 5.32 Å². The number of carboxylic acids is 1. The SMILES string of the molecule is CC(NC(=O)N1CCCC1CC(=O)O)c1ccc(Br)cc1. The van der Waals surface area contributed by atoms with Crippen LogP contribution in [-0.2, 0) is 4.79 Å². The number of carboxylic acid groups (broad SMARTS) is 1. The summed E-state index contributed by atoms with van der Waals surface area (Å²) >= 11 is 3.38. The first-order valence-electron chi connectivity index (χ1n) is 7.01. The quantitative estimate of drug-likeness (QED) is 0.872. The molecule has 2 N–H and O–H groups in total. The number of nitrogens with one attached hydrogen (secondary N) is 1. The monoisotopic (exact) mass is 354 g/mol. The molecule has 1 aliphatic heterocycles. The van der Waals surface area contributed by atoms with E-state index in [0.717, 1.165) is 22.9 Å². The van der Waals surface area contributed by atoms with Crippen molar-refractivity contribution in [3.05, 3.63) is 34.3 Å². The van der Waals surface area contributed by atoms with E-state index in [0.29, 0.717) is 6.54 Å². The summed E-state index contributed by atoms with van der Waals surface area (Å²) < 4.78 is 0.992. The number of carbonyl (C=O) groups excluding carboxylic acids is 1. The molecule has 2 atom stereocenters. The lowest BCUT2D eigenvalue weighted by molar-refractivity contribution is -0.137. The molecule has 1 aromatic rings. The molecule has 0 aromatic heterocycles. The summed E-state index contributed by atoms with van der Waals surface area (Å²) in [6.07, 6.45) is 1.63. The molecule has 1 heterocycles. The summed E-state index contributed by atoms with van der Waals surface area (Å²) in [5.74, 6) is -0.861. The van der Waals surface area contributed by atoms with Gasteiger partial charge in [-0.3, -0.25) is 4.79 Å². The van der Waals surface area contributed by atoms with E-state index in [1.807, 2.05) is 31.2 Å². The van der Waals surface area contributed by atoms with Crippen LogP contribution in [-0.4, -0.2) is 34.6 Å². The predicted octanol–water partition coefficient (Wildman–Crippen LogP) is 3.16. The molecule has 5 nitrogen and oxygen atoms in total. The first kappa shape index (κ1) is 15.8. The normalized spacial score (nSPS) is 19.3. The summed E-state index contributed by atoms with van der Waals surface area (Å²) in [5.41, 5.74) is 1.01. The Balaban J connectivity index is 1.96.